The van der Waals surface area contributed by atoms with Gasteiger partial charge in [-0.05, 0) is 30.0 Å². The van der Waals surface area contributed by atoms with E-state index < -0.39 is 5.97 Å². The summed E-state index contributed by atoms with van der Waals surface area (Å²) in [6.07, 6.45) is 2.33. The van der Waals surface area contributed by atoms with Crippen LogP contribution in [0.25, 0.3) is 0 Å². The largest absolute Gasteiger partial charge is 0.475 e. The van der Waals surface area contributed by atoms with Crippen LogP contribution in [0.2, 0.25) is 0 Å². The topological polar surface area (TPSA) is 102 Å². The number of aromatic nitrogens is 2. The van der Waals surface area contributed by atoms with Gasteiger partial charge in [-0.3, -0.25) is 0 Å². The van der Waals surface area contributed by atoms with Crippen LogP contribution < -0.4 is 5.73 Å². The summed E-state index contributed by atoms with van der Waals surface area (Å²) in [5.41, 5.74) is 5.60. The average Bonchev–Trinajstić information content (AvgIpc) is 2.63. The van der Waals surface area contributed by atoms with Crippen LogP contribution >= 0.6 is 0 Å². The molecule has 6 heteroatoms. The molecule has 0 unspecified atom stereocenters. The fourth-order valence-corrected chi connectivity index (χ4v) is 1.40. The molecule has 0 aromatic carbocycles. The molecule has 6 nitrogen and oxygen atoms in total. The van der Waals surface area contributed by atoms with Gasteiger partial charge in [-0.1, -0.05) is 13.8 Å². The minimum Gasteiger partial charge on any atom is -0.475 e. The molecule has 0 aliphatic rings. The molecule has 90 valence electrons. The lowest BCUT2D eigenvalue weighted by Gasteiger charge is -2.22. The fourth-order valence-electron chi connectivity index (χ4n) is 1.40. The molecule has 0 saturated heterocycles. The molecule has 0 aliphatic carbocycles. The predicted octanol–water partition coefficient (Wildman–Crippen LogP) is 1.08. The number of carboxylic acid groups (broad SMARTS) is 1. The zero-order valence-electron chi connectivity index (χ0n) is 9.56. The average molecular weight is 227 g/mol. The number of nitrogens with two attached hydrogens (primary N) is 1. The SMILES string of the molecule is CC(C)(CCN)CCc1nc(C(=O)O)no1. The Morgan fingerprint density at radius 3 is 2.69 bits per heavy atom. The van der Waals surface area contributed by atoms with Gasteiger partial charge in [0, 0.05) is 6.42 Å². The zero-order valence-corrected chi connectivity index (χ0v) is 9.56. The molecule has 1 aromatic heterocycles. The smallest absolute Gasteiger partial charge is 0.377 e. The first-order valence-electron chi connectivity index (χ1n) is 5.20. The molecule has 1 aromatic rings. The summed E-state index contributed by atoms with van der Waals surface area (Å²) < 4.78 is 4.83. The molecule has 0 bridgehead atoms. The van der Waals surface area contributed by atoms with E-state index in [1.807, 2.05) is 0 Å². The van der Waals surface area contributed by atoms with E-state index in [4.69, 9.17) is 15.4 Å². The van der Waals surface area contributed by atoms with Gasteiger partial charge >= 0.3 is 5.97 Å². The van der Waals surface area contributed by atoms with Gasteiger partial charge in [0.05, 0.1) is 0 Å². The highest BCUT2D eigenvalue weighted by atomic mass is 16.5. The molecule has 0 aliphatic heterocycles. The van der Waals surface area contributed by atoms with Crippen LogP contribution in [-0.2, 0) is 6.42 Å². The molecule has 16 heavy (non-hydrogen) atoms. The van der Waals surface area contributed by atoms with Crippen molar-refractivity contribution >= 4 is 5.97 Å². The van der Waals surface area contributed by atoms with E-state index in [9.17, 15) is 4.79 Å². The molecular weight excluding hydrogens is 210 g/mol. The fraction of sp³-hybridized carbons (Fsp3) is 0.700. The summed E-state index contributed by atoms with van der Waals surface area (Å²) in [5, 5.41) is 12.0. The van der Waals surface area contributed by atoms with Crippen molar-refractivity contribution in [1.29, 1.82) is 0 Å². The third-order valence-electron chi connectivity index (χ3n) is 2.50. The Bertz CT molecular complexity index is 360. The first-order valence-corrected chi connectivity index (χ1v) is 5.20. The van der Waals surface area contributed by atoms with E-state index in [0.717, 1.165) is 12.8 Å². The van der Waals surface area contributed by atoms with Crippen LogP contribution in [0.5, 0.6) is 0 Å². The number of hydrogen-bond donors (Lipinski definition) is 2. The maximum Gasteiger partial charge on any atom is 0.377 e. The summed E-state index contributed by atoms with van der Waals surface area (Å²) >= 11 is 0. The second-order valence-electron chi connectivity index (χ2n) is 4.52. The Kier molecular flexibility index (Phi) is 4.00. The lowest BCUT2D eigenvalue weighted by molar-refractivity contribution is 0.0680. The van der Waals surface area contributed by atoms with Gasteiger partial charge in [0.15, 0.2) is 0 Å². The molecule has 0 spiro atoms. The van der Waals surface area contributed by atoms with E-state index in [1.54, 1.807) is 0 Å². The van der Waals surface area contributed by atoms with Crippen molar-refractivity contribution in [2.45, 2.75) is 33.1 Å². The highest BCUT2D eigenvalue weighted by Gasteiger charge is 2.19. The van der Waals surface area contributed by atoms with E-state index >= 15 is 0 Å². The first kappa shape index (κ1) is 12.6. The standard InChI is InChI=1S/C10H17N3O3/c1-10(2,5-6-11)4-3-7-12-8(9(14)15)13-16-7/h3-6,11H2,1-2H3,(H,14,15). The van der Waals surface area contributed by atoms with Gasteiger partial charge in [0.25, 0.3) is 5.82 Å². The van der Waals surface area contributed by atoms with Gasteiger partial charge < -0.3 is 15.4 Å². The predicted molar refractivity (Wildman–Crippen MR) is 57.0 cm³/mol. The highest BCUT2D eigenvalue weighted by molar-refractivity contribution is 5.82. The molecule has 3 N–H and O–H groups in total. The molecule has 0 saturated carbocycles. The number of hydrogen-bond acceptors (Lipinski definition) is 5. The van der Waals surface area contributed by atoms with Crippen LogP contribution in [-0.4, -0.2) is 27.8 Å². The Balaban J connectivity index is 2.51. The zero-order chi connectivity index (χ0) is 12.2. The highest BCUT2D eigenvalue weighted by Crippen LogP contribution is 2.25. The molecule has 1 heterocycles. The lowest BCUT2D eigenvalue weighted by atomic mass is 9.84. The monoisotopic (exact) mass is 227 g/mol. The van der Waals surface area contributed by atoms with E-state index in [0.29, 0.717) is 18.9 Å². The summed E-state index contributed by atoms with van der Waals surface area (Å²) in [6.45, 7) is 4.85. The quantitative estimate of drug-likeness (QED) is 0.753. The third-order valence-corrected chi connectivity index (χ3v) is 2.50. The molecule has 0 amide bonds. The number of aryl methyl sites for hydroxylation is 1. The van der Waals surface area contributed by atoms with Crippen LogP contribution in [0.1, 0.15) is 43.2 Å². The van der Waals surface area contributed by atoms with E-state index in [2.05, 4.69) is 24.0 Å². The Labute approximate surface area is 93.8 Å². The third kappa shape index (κ3) is 3.62. The van der Waals surface area contributed by atoms with Gasteiger partial charge in [-0.2, -0.15) is 4.98 Å². The maximum absolute atomic E-state index is 10.5. The van der Waals surface area contributed by atoms with Crippen molar-refractivity contribution in [3.8, 4) is 0 Å². The Morgan fingerprint density at radius 2 is 2.19 bits per heavy atom. The normalized spacial score (nSPS) is 11.7. The second-order valence-corrected chi connectivity index (χ2v) is 4.52. The lowest BCUT2D eigenvalue weighted by Crippen LogP contribution is -2.17. The minimum absolute atomic E-state index is 0.104. The van der Waals surface area contributed by atoms with Gasteiger partial charge in [-0.25, -0.2) is 4.79 Å². The van der Waals surface area contributed by atoms with Crippen molar-refractivity contribution < 1.29 is 14.4 Å². The number of carboxylic acids is 1. The summed E-state index contributed by atoms with van der Waals surface area (Å²) in [5.74, 6) is -1.09. The molecular formula is C10H17N3O3. The number of aromatic carboxylic acids is 1. The second kappa shape index (κ2) is 5.07. The molecule has 1 rings (SSSR count). The van der Waals surface area contributed by atoms with Crippen molar-refractivity contribution in [2.75, 3.05) is 6.54 Å². The van der Waals surface area contributed by atoms with Crippen LogP contribution in [0.4, 0.5) is 0 Å². The van der Waals surface area contributed by atoms with Gasteiger partial charge in [0.2, 0.25) is 5.89 Å². The van der Waals surface area contributed by atoms with Crippen molar-refractivity contribution in [3.05, 3.63) is 11.7 Å². The van der Waals surface area contributed by atoms with Crippen molar-refractivity contribution in [2.24, 2.45) is 11.1 Å². The molecule has 0 radical (unpaired) electrons. The maximum atomic E-state index is 10.5. The number of carbonyl (C=O) groups is 1. The molecule has 0 fully saturated rings. The van der Waals surface area contributed by atoms with Crippen LogP contribution in [0.3, 0.4) is 0 Å². The Morgan fingerprint density at radius 1 is 1.50 bits per heavy atom. The van der Waals surface area contributed by atoms with Crippen LogP contribution in [0.15, 0.2) is 4.52 Å². The van der Waals surface area contributed by atoms with Gasteiger partial charge in [0.1, 0.15) is 0 Å². The number of rotatable bonds is 6. The first-order chi connectivity index (χ1) is 7.44. The van der Waals surface area contributed by atoms with E-state index in [1.165, 1.54) is 0 Å². The number of nitrogens with zero attached hydrogens (tertiary/aromatic N) is 2. The molecule has 0 atom stereocenters. The van der Waals surface area contributed by atoms with Crippen molar-refractivity contribution in [3.63, 3.8) is 0 Å². The summed E-state index contributed by atoms with van der Waals surface area (Å²) in [7, 11) is 0. The van der Waals surface area contributed by atoms with Crippen LogP contribution in [0, 0.1) is 5.41 Å². The van der Waals surface area contributed by atoms with Gasteiger partial charge in [-0.15, -0.1) is 0 Å². The summed E-state index contributed by atoms with van der Waals surface area (Å²) in [4.78, 5) is 14.3. The minimum atomic E-state index is -1.17. The van der Waals surface area contributed by atoms with E-state index in [-0.39, 0.29) is 11.2 Å². The summed E-state index contributed by atoms with van der Waals surface area (Å²) in [6, 6.07) is 0. The van der Waals surface area contributed by atoms with Crippen molar-refractivity contribution in [1.82, 2.24) is 10.1 Å². The Hall–Kier alpha value is -1.43.